The molecule has 0 atom stereocenters. The Bertz CT molecular complexity index is 1170. The lowest BCUT2D eigenvalue weighted by atomic mass is 10.2. The van der Waals surface area contributed by atoms with Gasteiger partial charge in [0, 0.05) is 24.2 Å². The average molecular weight is 504 g/mol. The molecular weight excluding hydrogens is 485 g/mol. The molecule has 15 heteroatoms. The van der Waals surface area contributed by atoms with Crippen LogP contribution in [0.1, 0.15) is 22.3 Å². The first-order chi connectivity index (χ1) is 15.6. The molecule has 2 aromatic rings. The summed E-state index contributed by atoms with van der Waals surface area (Å²) >= 11 is 0. The second-order valence-corrected chi connectivity index (χ2v) is 8.09. The number of carbonyl (C=O) groups is 3. The molecule has 0 saturated carbocycles. The molecule has 34 heavy (non-hydrogen) atoms. The lowest BCUT2D eigenvalue weighted by molar-refractivity contribution is -0.192. The third kappa shape index (κ3) is 9.25. The average Bonchev–Trinajstić information content (AvgIpc) is 2.73. The number of halogens is 3. The summed E-state index contributed by atoms with van der Waals surface area (Å²) in [5.41, 5.74) is 6.12. The minimum absolute atomic E-state index is 0.0557. The van der Waals surface area contributed by atoms with Crippen LogP contribution >= 0.6 is 0 Å². The number of aromatic carboxylic acids is 1. The van der Waals surface area contributed by atoms with E-state index in [0.29, 0.717) is 5.69 Å². The van der Waals surface area contributed by atoms with Crippen LogP contribution in [-0.2, 0) is 19.6 Å². The molecule has 7 N–H and O–H groups in total. The molecule has 0 spiro atoms. The van der Waals surface area contributed by atoms with Gasteiger partial charge in [0.15, 0.2) is 0 Å². The lowest BCUT2D eigenvalue weighted by Crippen LogP contribution is -2.28. The summed E-state index contributed by atoms with van der Waals surface area (Å²) in [7, 11) is -3.85. The molecule has 2 aromatic carbocycles. The zero-order valence-electron chi connectivity index (χ0n) is 17.1. The summed E-state index contributed by atoms with van der Waals surface area (Å²) in [4.78, 5) is 31.5. The summed E-state index contributed by atoms with van der Waals surface area (Å²) in [6.07, 6.45) is -5.20. The molecule has 0 radical (unpaired) electrons. The number of aliphatic carboxylic acids is 1. The van der Waals surface area contributed by atoms with Crippen LogP contribution < -0.4 is 15.8 Å². The fourth-order valence-corrected chi connectivity index (χ4v) is 3.21. The molecule has 0 unspecified atom stereocenters. The Hall–Kier alpha value is -3.98. The van der Waals surface area contributed by atoms with Crippen LogP contribution in [0.25, 0.3) is 0 Å². The van der Waals surface area contributed by atoms with Crippen molar-refractivity contribution in [3.05, 3.63) is 59.7 Å². The normalized spacial score (nSPS) is 11.0. The largest absolute Gasteiger partial charge is 0.490 e. The Balaban J connectivity index is 0.000000718. The first kappa shape index (κ1) is 28.1. The number of amidine groups is 1. The maximum atomic E-state index is 12.2. The van der Waals surface area contributed by atoms with Gasteiger partial charge in [-0.25, -0.2) is 22.7 Å². The van der Waals surface area contributed by atoms with Crippen molar-refractivity contribution in [1.82, 2.24) is 4.72 Å². The molecule has 0 aliphatic heterocycles. The number of amides is 1. The van der Waals surface area contributed by atoms with Crippen molar-refractivity contribution in [1.29, 1.82) is 5.41 Å². The van der Waals surface area contributed by atoms with Crippen molar-refractivity contribution < 1.29 is 46.2 Å². The quantitative estimate of drug-likeness (QED) is 0.230. The molecule has 0 aliphatic rings. The Morgan fingerprint density at radius 1 is 1.00 bits per heavy atom. The van der Waals surface area contributed by atoms with E-state index >= 15 is 0 Å². The minimum Gasteiger partial charge on any atom is -0.478 e. The molecule has 0 saturated heterocycles. The van der Waals surface area contributed by atoms with Crippen molar-refractivity contribution in [2.45, 2.75) is 17.5 Å². The zero-order valence-corrected chi connectivity index (χ0v) is 17.9. The van der Waals surface area contributed by atoms with Gasteiger partial charge in [-0.05, 0) is 36.4 Å². The van der Waals surface area contributed by atoms with E-state index in [1.807, 2.05) is 0 Å². The van der Waals surface area contributed by atoms with E-state index in [2.05, 4.69) is 10.0 Å². The van der Waals surface area contributed by atoms with Gasteiger partial charge in [0.25, 0.3) is 0 Å². The fraction of sp³-hybridized carbons (Fsp3) is 0.158. The van der Waals surface area contributed by atoms with Crippen molar-refractivity contribution in [3.63, 3.8) is 0 Å². The third-order valence-electron chi connectivity index (χ3n) is 3.76. The Morgan fingerprint density at radius 2 is 1.56 bits per heavy atom. The van der Waals surface area contributed by atoms with E-state index in [9.17, 15) is 31.2 Å². The van der Waals surface area contributed by atoms with E-state index in [-0.39, 0.29) is 34.8 Å². The molecule has 11 nitrogen and oxygen atoms in total. The number of carboxylic acid groups (broad SMARTS) is 2. The molecule has 1 amide bonds. The molecule has 0 fully saturated rings. The second-order valence-electron chi connectivity index (χ2n) is 6.32. The van der Waals surface area contributed by atoms with E-state index < -0.39 is 34.0 Å². The Morgan fingerprint density at radius 3 is 2.03 bits per heavy atom. The van der Waals surface area contributed by atoms with Crippen LogP contribution in [0.2, 0.25) is 0 Å². The number of carboxylic acids is 2. The number of alkyl halides is 3. The van der Waals surface area contributed by atoms with Crippen molar-refractivity contribution >= 4 is 39.4 Å². The van der Waals surface area contributed by atoms with Crippen LogP contribution in [0.5, 0.6) is 0 Å². The van der Waals surface area contributed by atoms with Crippen LogP contribution in [0.4, 0.5) is 18.9 Å². The number of nitrogen functional groups attached to an aromatic ring is 1. The number of hydrogen-bond acceptors (Lipinski definition) is 6. The summed E-state index contributed by atoms with van der Waals surface area (Å²) in [5, 5.41) is 25.8. The Labute approximate surface area is 191 Å². The topological polar surface area (TPSA) is 200 Å². The highest BCUT2D eigenvalue weighted by Crippen LogP contribution is 2.13. The highest BCUT2D eigenvalue weighted by Gasteiger charge is 2.38. The van der Waals surface area contributed by atoms with Gasteiger partial charge in [0.1, 0.15) is 5.84 Å². The van der Waals surface area contributed by atoms with Crippen molar-refractivity contribution in [2.24, 2.45) is 5.73 Å². The van der Waals surface area contributed by atoms with Gasteiger partial charge < -0.3 is 21.3 Å². The monoisotopic (exact) mass is 504 g/mol. The number of benzene rings is 2. The number of nitrogens with one attached hydrogen (secondary N) is 3. The van der Waals surface area contributed by atoms with Crippen LogP contribution in [0, 0.1) is 5.41 Å². The first-order valence-corrected chi connectivity index (χ1v) is 10.5. The van der Waals surface area contributed by atoms with Crippen LogP contribution in [-0.4, -0.2) is 55.0 Å². The highest BCUT2D eigenvalue weighted by molar-refractivity contribution is 7.89. The maximum Gasteiger partial charge on any atom is 0.490 e. The fourth-order valence-electron chi connectivity index (χ4n) is 2.13. The smallest absolute Gasteiger partial charge is 0.478 e. The second kappa shape index (κ2) is 11.8. The number of rotatable bonds is 8. The highest BCUT2D eigenvalue weighted by atomic mass is 32.2. The van der Waals surface area contributed by atoms with Crippen LogP contribution in [0.3, 0.4) is 0 Å². The number of nitrogens with two attached hydrogens (primary N) is 1. The lowest BCUT2D eigenvalue weighted by Gasteiger charge is -2.09. The van der Waals surface area contributed by atoms with E-state index in [0.717, 1.165) is 0 Å². The number of anilines is 1. The molecule has 0 aromatic heterocycles. The molecule has 2 rings (SSSR count). The van der Waals surface area contributed by atoms with Gasteiger partial charge in [-0.1, -0.05) is 12.1 Å². The number of carbonyl (C=O) groups excluding carboxylic acids is 1. The van der Waals surface area contributed by atoms with E-state index in [4.69, 9.17) is 26.2 Å². The van der Waals surface area contributed by atoms with Gasteiger partial charge in [-0.2, -0.15) is 13.2 Å². The molecular formula is C19H19F3N4O7S. The molecule has 184 valence electrons. The summed E-state index contributed by atoms with van der Waals surface area (Å²) in [6, 6.07) is 11.2. The van der Waals surface area contributed by atoms with E-state index in [1.165, 1.54) is 48.5 Å². The number of sulfonamides is 1. The molecule has 0 aliphatic carbocycles. The third-order valence-corrected chi connectivity index (χ3v) is 5.22. The standard InChI is InChI=1S/C17H18N4O5S.C2HF3O2/c18-16(19)12-2-1-3-14(10-12)27(25,26)20-9-8-15(22)21-13-6-4-11(5-7-13)17(23)24;3-2(4,5)1(6)7/h1-7,10,20H,8-9H2,(H3,18,19)(H,21,22)(H,23,24);(H,6,7). The predicted molar refractivity (Wildman–Crippen MR) is 113 cm³/mol. The summed E-state index contributed by atoms with van der Waals surface area (Å²) in [5.74, 6) is -4.51. The van der Waals surface area contributed by atoms with Gasteiger partial charge in [-0.15, -0.1) is 0 Å². The molecule has 0 bridgehead atoms. The van der Waals surface area contributed by atoms with Gasteiger partial charge >= 0.3 is 18.1 Å². The van der Waals surface area contributed by atoms with Crippen molar-refractivity contribution in [2.75, 3.05) is 11.9 Å². The summed E-state index contributed by atoms with van der Waals surface area (Å²) < 4.78 is 58.5. The number of hydrogen-bond donors (Lipinski definition) is 6. The van der Waals surface area contributed by atoms with Crippen LogP contribution in [0.15, 0.2) is 53.4 Å². The minimum atomic E-state index is -5.08. The van der Waals surface area contributed by atoms with Gasteiger partial charge in [0.2, 0.25) is 15.9 Å². The van der Waals surface area contributed by atoms with Gasteiger partial charge in [0.05, 0.1) is 10.5 Å². The molecule has 0 heterocycles. The summed E-state index contributed by atoms with van der Waals surface area (Å²) in [6.45, 7) is -0.133. The first-order valence-electron chi connectivity index (χ1n) is 9.01. The Kier molecular flexibility index (Phi) is 9.70. The zero-order chi connectivity index (χ0) is 26.1. The van der Waals surface area contributed by atoms with Crippen molar-refractivity contribution in [3.8, 4) is 0 Å². The predicted octanol–water partition coefficient (Wildman–Crippen LogP) is 1.61. The maximum absolute atomic E-state index is 12.2. The SMILES string of the molecule is N=C(N)c1cccc(S(=O)(=O)NCCC(=O)Nc2ccc(C(=O)O)cc2)c1.O=C(O)C(F)(F)F. The van der Waals surface area contributed by atoms with Gasteiger partial charge in [-0.3, -0.25) is 10.2 Å². The van der Waals surface area contributed by atoms with E-state index in [1.54, 1.807) is 0 Å².